The smallest absolute Gasteiger partial charge is 0.273 e. The Balaban J connectivity index is 2.10. The van der Waals surface area contributed by atoms with Crippen molar-refractivity contribution >= 4 is 5.57 Å². The summed E-state index contributed by atoms with van der Waals surface area (Å²) in [5.74, 6) is 0.449. The summed E-state index contributed by atoms with van der Waals surface area (Å²) in [6.45, 7) is 7.72. The van der Waals surface area contributed by atoms with Crippen LogP contribution >= 0.6 is 0 Å². The molecule has 3 aliphatic rings. The van der Waals surface area contributed by atoms with Crippen molar-refractivity contribution in [1.29, 1.82) is 0 Å². The SMILES string of the molecule is C=CC1=C(C=C)C2OC23Oc2cccc1c23. The number of hydrogen-bond acceptors (Lipinski definition) is 2. The lowest BCUT2D eigenvalue weighted by Crippen LogP contribution is -2.35. The molecule has 0 aromatic heterocycles. The molecule has 0 amide bonds. The second-order valence-electron chi connectivity index (χ2n) is 4.22. The van der Waals surface area contributed by atoms with Gasteiger partial charge in [0.15, 0.2) is 6.10 Å². The molecular formula is C14H10O2. The van der Waals surface area contributed by atoms with Gasteiger partial charge in [-0.25, -0.2) is 0 Å². The van der Waals surface area contributed by atoms with Crippen molar-refractivity contribution in [2.24, 2.45) is 0 Å². The Morgan fingerprint density at radius 3 is 2.88 bits per heavy atom. The first-order chi connectivity index (χ1) is 7.81. The summed E-state index contributed by atoms with van der Waals surface area (Å²) in [5, 5.41) is 0. The molecule has 2 unspecified atom stereocenters. The lowest BCUT2D eigenvalue weighted by Gasteiger charge is -2.34. The fourth-order valence-electron chi connectivity index (χ4n) is 2.79. The zero-order valence-corrected chi connectivity index (χ0v) is 8.69. The summed E-state index contributed by atoms with van der Waals surface area (Å²) < 4.78 is 11.4. The Kier molecular flexibility index (Phi) is 1.20. The summed E-state index contributed by atoms with van der Waals surface area (Å²) in [7, 11) is 0. The largest absolute Gasteiger partial charge is 0.454 e. The molecule has 78 valence electrons. The molecule has 1 aromatic carbocycles. The molecule has 16 heavy (non-hydrogen) atoms. The third kappa shape index (κ3) is 0.659. The van der Waals surface area contributed by atoms with Gasteiger partial charge in [-0.3, -0.25) is 0 Å². The maximum atomic E-state index is 5.71. The number of epoxide rings is 1. The van der Waals surface area contributed by atoms with E-state index in [0.29, 0.717) is 0 Å². The molecule has 1 saturated heterocycles. The Bertz CT molecular complexity index is 582. The van der Waals surface area contributed by atoms with Gasteiger partial charge in [-0.05, 0) is 22.8 Å². The van der Waals surface area contributed by atoms with Crippen LogP contribution < -0.4 is 4.74 Å². The van der Waals surface area contributed by atoms with E-state index >= 15 is 0 Å². The van der Waals surface area contributed by atoms with Crippen LogP contribution in [0.5, 0.6) is 5.75 Å². The Labute approximate surface area is 93.5 Å². The Morgan fingerprint density at radius 2 is 2.12 bits per heavy atom. The molecule has 0 bridgehead atoms. The number of hydrogen-bond donors (Lipinski definition) is 0. The van der Waals surface area contributed by atoms with E-state index in [1.165, 1.54) is 11.1 Å². The highest BCUT2D eigenvalue weighted by Gasteiger charge is 2.71. The molecule has 0 radical (unpaired) electrons. The average Bonchev–Trinajstić information content (AvgIpc) is 3.02. The van der Waals surface area contributed by atoms with Crippen LogP contribution in [0.3, 0.4) is 0 Å². The minimum atomic E-state index is -0.484. The zero-order chi connectivity index (χ0) is 10.9. The predicted octanol–water partition coefficient (Wildman–Crippen LogP) is 2.77. The topological polar surface area (TPSA) is 21.8 Å². The van der Waals surface area contributed by atoms with Gasteiger partial charge in [-0.2, -0.15) is 0 Å². The van der Waals surface area contributed by atoms with E-state index in [0.717, 1.165) is 16.9 Å². The van der Waals surface area contributed by atoms with Gasteiger partial charge >= 0.3 is 0 Å². The minimum absolute atomic E-state index is 0.0143. The highest BCUT2D eigenvalue weighted by Crippen LogP contribution is 2.65. The first-order valence-corrected chi connectivity index (χ1v) is 5.31. The first kappa shape index (κ1) is 8.36. The quantitative estimate of drug-likeness (QED) is 0.700. The third-order valence-corrected chi connectivity index (χ3v) is 3.52. The number of rotatable bonds is 2. The van der Waals surface area contributed by atoms with Crippen molar-refractivity contribution in [1.82, 2.24) is 0 Å². The molecule has 0 N–H and O–H groups in total. The molecule has 0 saturated carbocycles. The normalized spacial score (nSPS) is 31.9. The second kappa shape index (κ2) is 2.30. The van der Waals surface area contributed by atoms with Gasteiger partial charge in [0, 0.05) is 0 Å². The molecular weight excluding hydrogens is 200 g/mol. The molecule has 2 aliphatic heterocycles. The van der Waals surface area contributed by atoms with Crippen LogP contribution in [0.1, 0.15) is 11.1 Å². The Morgan fingerprint density at radius 1 is 1.25 bits per heavy atom. The van der Waals surface area contributed by atoms with E-state index in [1.54, 1.807) is 0 Å². The molecule has 1 aliphatic carbocycles. The summed E-state index contributed by atoms with van der Waals surface area (Å²) in [6.07, 6.45) is 3.73. The standard InChI is InChI=1S/C14H10O2/c1-3-8-9(4-2)13-14(16-13)12-10(8)6-5-7-11(12)15-14/h3-7,13H,1-2H2. The maximum Gasteiger partial charge on any atom is 0.273 e. The van der Waals surface area contributed by atoms with Gasteiger partial charge in [0.05, 0.1) is 5.56 Å². The van der Waals surface area contributed by atoms with E-state index in [2.05, 4.69) is 19.2 Å². The van der Waals surface area contributed by atoms with Gasteiger partial charge < -0.3 is 9.47 Å². The van der Waals surface area contributed by atoms with Crippen molar-refractivity contribution in [3.8, 4) is 5.75 Å². The molecule has 2 atom stereocenters. The lowest BCUT2D eigenvalue weighted by molar-refractivity contribution is 0.0112. The van der Waals surface area contributed by atoms with Crippen LogP contribution in [0.2, 0.25) is 0 Å². The summed E-state index contributed by atoms with van der Waals surface area (Å²) in [4.78, 5) is 0. The van der Waals surface area contributed by atoms with E-state index in [9.17, 15) is 0 Å². The molecule has 1 aromatic rings. The summed E-state index contributed by atoms with van der Waals surface area (Å²) in [6, 6.07) is 6.05. The average molecular weight is 210 g/mol. The molecule has 2 heterocycles. The van der Waals surface area contributed by atoms with E-state index in [4.69, 9.17) is 9.47 Å². The second-order valence-corrected chi connectivity index (χ2v) is 4.22. The van der Waals surface area contributed by atoms with Crippen molar-refractivity contribution in [2.45, 2.75) is 11.9 Å². The van der Waals surface area contributed by atoms with Crippen LogP contribution in [0.15, 0.2) is 49.1 Å². The third-order valence-electron chi connectivity index (χ3n) is 3.52. The van der Waals surface area contributed by atoms with Crippen molar-refractivity contribution < 1.29 is 9.47 Å². The molecule has 1 fully saturated rings. The van der Waals surface area contributed by atoms with Crippen LogP contribution in [-0.2, 0) is 10.5 Å². The number of benzene rings is 1. The molecule has 4 rings (SSSR count). The van der Waals surface area contributed by atoms with E-state index < -0.39 is 5.79 Å². The summed E-state index contributed by atoms with van der Waals surface area (Å²) in [5.41, 5.74) is 4.55. The number of allylic oxidation sites excluding steroid dienone is 2. The van der Waals surface area contributed by atoms with Gasteiger partial charge in [0.1, 0.15) is 5.75 Å². The lowest BCUT2D eigenvalue weighted by atomic mass is 9.80. The zero-order valence-electron chi connectivity index (χ0n) is 8.69. The molecule has 1 spiro atoms. The van der Waals surface area contributed by atoms with E-state index in [-0.39, 0.29) is 6.10 Å². The number of ether oxygens (including phenoxy) is 2. The van der Waals surface area contributed by atoms with Crippen LogP contribution in [0.25, 0.3) is 5.57 Å². The van der Waals surface area contributed by atoms with Gasteiger partial charge in [0.25, 0.3) is 5.79 Å². The van der Waals surface area contributed by atoms with Crippen LogP contribution in [0, 0.1) is 0 Å². The molecule has 2 nitrogen and oxygen atoms in total. The minimum Gasteiger partial charge on any atom is -0.454 e. The van der Waals surface area contributed by atoms with Gasteiger partial charge in [-0.15, -0.1) is 0 Å². The van der Waals surface area contributed by atoms with Crippen LogP contribution in [-0.4, -0.2) is 6.10 Å². The highest BCUT2D eigenvalue weighted by molar-refractivity contribution is 5.87. The molecule has 2 heteroatoms. The van der Waals surface area contributed by atoms with Crippen molar-refractivity contribution in [3.05, 3.63) is 60.2 Å². The Hall–Kier alpha value is -1.80. The monoisotopic (exact) mass is 210 g/mol. The fourth-order valence-corrected chi connectivity index (χ4v) is 2.79. The van der Waals surface area contributed by atoms with Gasteiger partial charge in [-0.1, -0.05) is 37.4 Å². The first-order valence-electron chi connectivity index (χ1n) is 5.31. The fraction of sp³-hybridized carbons (Fsp3) is 0.143. The van der Waals surface area contributed by atoms with Crippen LogP contribution in [0.4, 0.5) is 0 Å². The predicted molar refractivity (Wildman–Crippen MR) is 60.9 cm³/mol. The maximum absolute atomic E-state index is 5.71. The van der Waals surface area contributed by atoms with E-state index in [1.807, 2.05) is 24.3 Å². The van der Waals surface area contributed by atoms with Gasteiger partial charge in [0.2, 0.25) is 0 Å². The summed E-state index contributed by atoms with van der Waals surface area (Å²) >= 11 is 0. The van der Waals surface area contributed by atoms with Crippen molar-refractivity contribution in [3.63, 3.8) is 0 Å². The highest BCUT2D eigenvalue weighted by atomic mass is 16.8. The van der Waals surface area contributed by atoms with Crippen molar-refractivity contribution in [2.75, 3.05) is 0 Å².